The van der Waals surface area contributed by atoms with Crippen LogP contribution in [0.15, 0.2) is 0 Å². The van der Waals surface area contributed by atoms with Gasteiger partial charge in [-0.25, -0.2) is 0 Å². The molecule has 0 bridgehead atoms. The van der Waals surface area contributed by atoms with Gasteiger partial charge in [-0.3, -0.25) is 9.48 Å². The van der Waals surface area contributed by atoms with Crippen molar-refractivity contribution in [2.24, 2.45) is 18.7 Å². The van der Waals surface area contributed by atoms with Gasteiger partial charge in [0.15, 0.2) is 0 Å². The van der Waals surface area contributed by atoms with Crippen LogP contribution in [0, 0.1) is 19.8 Å². The van der Waals surface area contributed by atoms with Crippen molar-refractivity contribution in [2.45, 2.75) is 46.6 Å². The summed E-state index contributed by atoms with van der Waals surface area (Å²) in [6.07, 6.45) is 2.08. The van der Waals surface area contributed by atoms with E-state index in [0.29, 0.717) is 18.0 Å². The number of rotatable bonds is 6. The summed E-state index contributed by atoms with van der Waals surface area (Å²) in [5.41, 5.74) is 8.42. The van der Waals surface area contributed by atoms with Crippen molar-refractivity contribution >= 4 is 5.91 Å². The van der Waals surface area contributed by atoms with E-state index in [2.05, 4.69) is 24.3 Å². The van der Waals surface area contributed by atoms with E-state index in [1.165, 1.54) is 0 Å². The van der Waals surface area contributed by atoms with Crippen molar-refractivity contribution in [3.8, 4) is 0 Å². The van der Waals surface area contributed by atoms with E-state index >= 15 is 0 Å². The quantitative estimate of drug-likeness (QED) is 0.820. The number of nitrogens with one attached hydrogen (secondary N) is 1. The zero-order valence-electron chi connectivity index (χ0n) is 12.7. The molecule has 1 aromatic heterocycles. The molecular weight excluding hydrogens is 240 g/mol. The largest absolute Gasteiger partial charge is 0.350 e. The normalized spacial score (nSPS) is 12.8. The summed E-state index contributed by atoms with van der Waals surface area (Å²) in [7, 11) is 1.84. The van der Waals surface area contributed by atoms with Crippen molar-refractivity contribution in [3.05, 3.63) is 17.0 Å². The molecule has 0 aliphatic rings. The van der Waals surface area contributed by atoms with Crippen LogP contribution >= 0.6 is 0 Å². The average molecular weight is 266 g/mol. The van der Waals surface area contributed by atoms with Crippen LogP contribution in [0.1, 0.15) is 48.4 Å². The molecule has 0 aliphatic carbocycles. The highest BCUT2D eigenvalue weighted by Crippen LogP contribution is 2.13. The number of aromatic nitrogens is 2. The fourth-order valence-electron chi connectivity index (χ4n) is 2.46. The molecule has 5 heteroatoms. The number of carbonyl (C=O) groups is 1. The Balaban J connectivity index is 2.66. The number of nitrogens with zero attached hydrogens (tertiary/aromatic N) is 2. The van der Waals surface area contributed by atoms with Gasteiger partial charge in [0.05, 0.1) is 11.3 Å². The molecule has 108 valence electrons. The van der Waals surface area contributed by atoms with Gasteiger partial charge in [0.2, 0.25) is 0 Å². The summed E-state index contributed by atoms with van der Waals surface area (Å²) < 4.78 is 1.73. The molecule has 1 unspecified atom stereocenters. The minimum Gasteiger partial charge on any atom is -0.350 e. The van der Waals surface area contributed by atoms with Crippen molar-refractivity contribution in [3.63, 3.8) is 0 Å². The third-order valence-electron chi connectivity index (χ3n) is 3.89. The van der Waals surface area contributed by atoms with Crippen LogP contribution < -0.4 is 11.1 Å². The van der Waals surface area contributed by atoms with E-state index in [4.69, 9.17) is 5.73 Å². The fraction of sp³-hybridized carbons (Fsp3) is 0.714. The zero-order valence-corrected chi connectivity index (χ0v) is 12.7. The predicted molar refractivity (Wildman–Crippen MR) is 77.1 cm³/mol. The molecule has 1 amide bonds. The number of amides is 1. The molecule has 19 heavy (non-hydrogen) atoms. The Labute approximate surface area is 115 Å². The molecule has 0 fully saturated rings. The van der Waals surface area contributed by atoms with Crippen LogP contribution in [-0.4, -0.2) is 28.3 Å². The smallest absolute Gasteiger partial charge is 0.255 e. The highest BCUT2D eigenvalue weighted by molar-refractivity contribution is 5.96. The van der Waals surface area contributed by atoms with E-state index in [9.17, 15) is 4.79 Å². The number of nitrogens with two attached hydrogens (primary N) is 1. The van der Waals surface area contributed by atoms with Gasteiger partial charge in [0, 0.05) is 25.3 Å². The van der Waals surface area contributed by atoms with Gasteiger partial charge >= 0.3 is 0 Å². The predicted octanol–water partition coefficient (Wildman–Crippen LogP) is 1.53. The van der Waals surface area contributed by atoms with E-state index in [0.717, 1.165) is 24.2 Å². The summed E-state index contributed by atoms with van der Waals surface area (Å²) in [4.78, 5) is 12.2. The first-order valence-corrected chi connectivity index (χ1v) is 6.96. The molecule has 1 heterocycles. The SMILES string of the molecule is CCC(CC)C(N)CNC(=O)c1c(C)nn(C)c1C. The third-order valence-corrected chi connectivity index (χ3v) is 3.89. The van der Waals surface area contributed by atoms with E-state index in [1.54, 1.807) is 4.68 Å². The van der Waals surface area contributed by atoms with Crippen molar-refractivity contribution in [1.82, 2.24) is 15.1 Å². The maximum Gasteiger partial charge on any atom is 0.255 e. The molecule has 0 aliphatic heterocycles. The number of aryl methyl sites for hydroxylation is 2. The maximum absolute atomic E-state index is 12.2. The number of carbonyl (C=O) groups excluding carboxylic acids is 1. The Bertz CT molecular complexity index is 435. The average Bonchev–Trinajstić information content (AvgIpc) is 2.62. The first-order valence-electron chi connectivity index (χ1n) is 6.96. The highest BCUT2D eigenvalue weighted by Gasteiger charge is 2.19. The number of hydrogen-bond acceptors (Lipinski definition) is 3. The van der Waals surface area contributed by atoms with Crippen molar-refractivity contribution in [1.29, 1.82) is 0 Å². The topological polar surface area (TPSA) is 72.9 Å². The van der Waals surface area contributed by atoms with Crippen LogP contribution in [0.2, 0.25) is 0 Å². The Morgan fingerprint density at radius 3 is 2.37 bits per heavy atom. The molecule has 0 saturated carbocycles. The van der Waals surface area contributed by atoms with E-state index in [1.807, 2.05) is 20.9 Å². The first kappa shape index (κ1) is 15.7. The van der Waals surface area contributed by atoms with Gasteiger partial charge in [-0.05, 0) is 19.8 Å². The molecular formula is C14H26N4O. The molecule has 0 radical (unpaired) electrons. The second-order valence-electron chi connectivity index (χ2n) is 5.12. The van der Waals surface area contributed by atoms with Crippen LogP contribution in [0.25, 0.3) is 0 Å². The summed E-state index contributed by atoms with van der Waals surface area (Å²) in [6.45, 7) is 8.52. The van der Waals surface area contributed by atoms with Crippen molar-refractivity contribution in [2.75, 3.05) is 6.54 Å². The third kappa shape index (κ3) is 3.56. The second-order valence-corrected chi connectivity index (χ2v) is 5.12. The van der Waals surface area contributed by atoms with Crippen molar-refractivity contribution < 1.29 is 4.79 Å². The first-order chi connectivity index (χ1) is 8.92. The zero-order chi connectivity index (χ0) is 14.6. The Morgan fingerprint density at radius 2 is 1.95 bits per heavy atom. The second kappa shape index (κ2) is 6.70. The number of hydrogen-bond donors (Lipinski definition) is 2. The minimum atomic E-state index is -0.0792. The molecule has 0 aromatic carbocycles. The van der Waals surface area contributed by atoms with Gasteiger partial charge in [-0.15, -0.1) is 0 Å². The lowest BCUT2D eigenvalue weighted by molar-refractivity contribution is 0.0946. The summed E-state index contributed by atoms with van der Waals surface area (Å²) >= 11 is 0. The minimum absolute atomic E-state index is 0.0104. The Hall–Kier alpha value is -1.36. The lowest BCUT2D eigenvalue weighted by Crippen LogP contribution is -2.42. The monoisotopic (exact) mass is 266 g/mol. The standard InChI is InChI=1S/C14H26N4O/c1-6-11(7-2)12(15)8-16-14(19)13-9(3)17-18(5)10(13)4/h11-12H,6-8,15H2,1-5H3,(H,16,19). The van der Waals surface area contributed by atoms with Crippen LogP contribution in [-0.2, 0) is 7.05 Å². The lowest BCUT2D eigenvalue weighted by Gasteiger charge is -2.21. The van der Waals surface area contributed by atoms with Crippen LogP contribution in [0.4, 0.5) is 0 Å². The van der Waals surface area contributed by atoms with Crippen LogP contribution in [0.3, 0.4) is 0 Å². The molecule has 3 N–H and O–H groups in total. The van der Waals surface area contributed by atoms with Gasteiger partial charge < -0.3 is 11.1 Å². The van der Waals surface area contributed by atoms with E-state index in [-0.39, 0.29) is 11.9 Å². The summed E-state index contributed by atoms with van der Waals surface area (Å²) in [5, 5.41) is 7.18. The molecule has 1 atom stereocenters. The summed E-state index contributed by atoms with van der Waals surface area (Å²) in [6, 6.07) is 0.0104. The molecule has 0 spiro atoms. The van der Waals surface area contributed by atoms with Gasteiger partial charge in [0.1, 0.15) is 0 Å². The Morgan fingerprint density at radius 1 is 1.37 bits per heavy atom. The fourth-order valence-corrected chi connectivity index (χ4v) is 2.46. The lowest BCUT2D eigenvalue weighted by atomic mass is 9.95. The van der Waals surface area contributed by atoms with Gasteiger partial charge in [-0.2, -0.15) is 5.10 Å². The molecule has 0 saturated heterocycles. The molecule has 5 nitrogen and oxygen atoms in total. The highest BCUT2D eigenvalue weighted by atomic mass is 16.1. The van der Waals surface area contributed by atoms with Gasteiger partial charge in [0.25, 0.3) is 5.91 Å². The Kier molecular flexibility index (Phi) is 5.54. The molecule has 1 rings (SSSR count). The van der Waals surface area contributed by atoms with Gasteiger partial charge in [-0.1, -0.05) is 26.7 Å². The summed E-state index contributed by atoms with van der Waals surface area (Å²) in [5.74, 6) is 0.376. The van der Waals surface area contributed by atoms with E-state index < -0.39 is 0 Å². The van der Waals surface area contributed by atoms with Crippen LogP contribution in [0.5, 0.6) is 0 Å². The molecule has 1 aromatic rings. The maximum atomic E-state index is 12.2.